The van der Waals surface area contributed by atoms with Crippen molar-refractivity contribution >= 4 is 23.2 Å². The van der Waals surface area contributed by atoms with Crippen molar-refractivity contribution in [3.63, 3.8) is 0 Å². The van der Waals surface area contributed by atoms with Crippen LogP contribution in [0.4, 0.5) is 0 Å². The molecule has 0 aliphatic carbocycles. The van der Waals surface area contributed by atoms with Crippen LogP contribution in [0.25, 0.3) is 0 Å². The lowest BCUT2D eigenvalue weighted by Gasteiger charge is -2.19. The second-order valence-corrected chi connectivity index (χ2v) is 4.90. The van der Waals surface area contributed by atoms with E-state index in [0.29, 0.717) is 23.3 Å². The van der Waals surface area contributed by atoms with Crippen molar-refractivity contribution < 1.29 is 4.74 Å². The fourth-order valence-electron chi connectivity index (χ4n) is 1.94. The Labute approximate surface area is 126 Å². The lowest BCUT2D eigenvalue weighted by molar-refractivity contribution is 0.182. The second kappa shape index (κ2) is 7.01. The van der Waals surface area contributed by atoms with E-state index >= 15 is 0 Å². The predicted molar refractivity (Wildman–Crippen MR) is 77.5 cm³/mol. The standard InChI is InChI=1S/C12H15Cl2N5O/c1-20-5-4-19-12(9(13)7-17-19)11(18-15)8-2-3-16-10(14)6-8/h2-3,6-7,11,18H,4-5,15H2,1H3. The van der Waals surface area contributed by atoms with Crippen LogP contribution in [0.5, 0.6) is 0 Å². The number of hydrogen-bond acceptors (Lipinski definition) is 5. The van der Waals surface area contributed by atoms with Gasteiger partial charge in [0.2, 0.25) is 0 Å². The number of halogens is 2. The van der Waals surface area contributed by atoms with Crippen molar-refractivity contribution in [1.82, 2.24) is 20.2 Å². The molecular weight excluding hydrogens is 301 g/mol. The Balaban J connectivity index is 2.38. The Morgan fingerprint density at radius 1 is 1.50 bits per heavy atom. The summed E-state index contributed by atoms with van der Waals surface area (Å²) in [6.45, 7) is 1.11. The van der Waals surface area contributed by atoms with E-state index < -0.39 is 0 Å². The van der Waals surface area contributed by atoms with E-state index in [1.807, 2.05) is 6.07 Å². The molecule has 2 heterocycles. The van der Waals surface area contributed by atoms with Crippen LogP contribution in [-0.4, -0.2) is 28.5 Å². The van der Waals surface area contributed by atoms with Crippen molar-refractivity contribution in [2.75, 3.05) is 13.7 Å². The lowest BCUT2D eigenvalue weighted by Crippen LogP contribution is -2.31. The molecule has 3 N–H and O–H groups in total. The minimum Gasteiger partial charge on any atom is -0.383 e. The van der Waals surface area contributed by atoms with Gasteiger partial charge in [-0.3, -0.25) is 10.5 Å². The summed E-state index contributed by atoms with van der Waals surface area (Å²) < 4.78 is 6.82. The molecule has 0 aliphatic rings. The zero-order chi connectivity index (χ0) is 14.5. The molecule has 0 saturated heterocycles. The maximum atomic E-state index is 6.22. The summed E-state index contributed by atoms with van der Waals surface area (Å²) in [6, 6.07) is 3.22. The van der Waals surface area contributed by atoms with Gasteiger partial charge in [-0.15, -0.1) is 0 Å². The minimum atomic E-state index is -0.331. The van der Waals surface area contributed by atoms with Gasteiger partial charge in [0, 0.05) is 13.3 Å². The molecule has 0 saturated carbocycles. The Bertz CT molecular complexity index is 575. The molecule has 0 radical (unpaired) electrons. The van der Waals surface area contributed by atoms with Crippen LogP contribution >= 0.6 is 23.2 Å². The van der Waals surface area contributed by atoms with Crippen LogP contribution in [0.15, 0.2) is 24.5 Å². The van der Waals surface area contributed by atoms with E-state index in [9.17, 15) is 0 Å². The van der Waals surface area contributed by atoms with Crippen molar-refractivity contribution in [3.05, 3.63) is 46.0 Å². The van der Waals surface area contributed by atoms with E-state index in [0.717, 1.165) is 11.3 Å². The fourth-order valence-corrected chi connectivity index (χ4v) is 2.38. The third-order valence-corrected chi connectivity index (χ3v) is 3.36. The van der Waals surface area contributed by atoms with E-state index in [1.165, 1.54) is 0 Å². The van der Waals surface area contributed by atoms with Crippen LogP contribution in [0.1, 0.15) is 17.3 Å². The summed E-state index contributed by atoms with van der Waals surface area (Å²) in [4.78, 5) is 3.95. The zero-order valence-corrected chi connectivity index (χ0v) is 12.4. The average Bonchev–Trinajstić information content (AvgIpc) is 2.79. The molecule has 1 unspecified atom stereocenters. The Hall–Kier alpha value is -1.18. The number of aromatic nitrogens is 3. The smallest absolute Gasteiger partial charge is 0.129 e. The van der Waals surface area contributed by atoms with Crippen molar-refractivity contribution in [3.8, 4) is 0 Å². The summed E-state index contributed by atoms with van der Waals surface area (Å²) in [7, 11) is 1.63. The number of nitrogens with one attached hydrogen (secondary N) is 1. The van der Waals surface area contributed by atoms with Gasteiger partial charge in [-0.2, -0.15) is 5.10 Å². The Morgan fingerprint density at radius 3 is 2.95 bits per heavy atom. The first-order valence-electron chi connectivity index (χ1n) is 5.95. The number of pyridine rings is 1. The number of nitrogens with zero attached hydrogens (tertiary/aromatic N) is 3. The van der Waals surface area contributed by atoms with E-state index in [1.54, 1.807) is 30.3 Å². The molecule has 20 heavy (non-hydrogen) atoms. The topological polar surface area (TPSA) is 78.0 Å². The van der Waals surface area contributed by atoms with E-state index in [2.05, 4.69) is 15.5 Å². The Kier molecular flexibility index (Phi) is 5.33. The molecule has 6 nitrogen and oxygen atoms in total. The zero-order valence-electron chi connectivity index (χ0n) is 10.9. The van der Waals surface area contributed by atoms with Gasteiger partial charge in [0.05, 0.1) is 36.1 Å². The molecular formula is C12H15Cl2N5O. The molecule has 1 atom stereocenters. The van der Waals surface area contributed by atoms with Crippen LogP contribution in [0.2, 0.25) is 10.2 Å². The fraction of sp³-hybridized carbons (Fsp3) is 0.333. The molecule has 0 aliphatic heterocycles. The van der Waals surface area contributed by atoms with Crippen LogP contribution < -0.4 is 11.3 Å². The van der Waals surface area contributed by atoms with Crippen LogP contribution in [0, 0.1) is 0 Å². The summed E-state index contributed by atoms with van der Waals surface area (Å²) >= 11 is 12.1. The normalized spacial score (nSPS) is 12.6. The number of hydrazine groups is 1. The largest absolute Gasteiger partial charge is 0.383 e. The van der Waals surface area contributed by atoms with E-state index in [-0.39, 0.29) is 6.04 Å². The lowest BCUT2D eigenvalue weighted by atomic mass is 10.1. The van der Waals surface area contributed by atoms with Gasteiger partial charge < -0.3 is 4.74 Å². The molecule has 0 fully saturated rings. The van der Waals surface area contributed by atoms with Gasteiger partial charge in [-0.25, -0.2) is 10.4 Å². The van der Waals surface area contributed by atoms with Crippen molar-refractivity contribution in [2.24, 2.45) is 5.84 Å². The molecule has 2 rings (SSSR count). The predicted octanol–water partition coefficient (Wildman–Crippen LogP) is 1.78. The monoisotopic (exact) mass is 315 g/mol. The molecule has 0 amide bonds. The molecule has 0 aromatic carbocycles. The maximum absolute atomic E-state index is 6.22. The number of hydrogen-bond donors (Lipinski definition) is 2. The van der Waals surface area contributed by atoms with Gasteiger partial charge in [0.25, 0.3) is 0 Å². The molecule has 108 valence electrons. The number of rotatable bonds is 6. The SMILES string of the molecule is COCCn1ncc(Cl)c1C(NN)c1ccnc(Cl)c1. The Morgan fingerprint density at radius 2 is 2.30 bits per heavy atom. The third kappa shape index (κ3) is 3.28. The maximum Gasteiger partial charge on any atom is 0.129 e. The molecule has 8 heteroatoms. The summed E-state index contributed by atoms with van der Waals surface area (Å²) in [6.07, 6.45) is 3.20. The van der Waals surface area contributed by atoms with Gasteiger partial charge in [0.15, 0.2) is 0 Å². The van der Waals surface area contributed by atoms with Gasteiger partial charge in [0.1, 0.15) is 5.15 Å². The summed E-state index contributed by atoms with van der Waals surface area (Å²) in [5.74, 6) is 5.67. The first kappa shape index (κ1) is 15.2. The molecule has 0 bridgehead atoms. The summed E-state index contributed by atoms with van der Waals surface area (Å²) in [5, 5.41) is 5.15. The number of nitrogens with two attached hydrogens (primary N) is 1. The minimum absolute atomic E-state index is 0.331. The highest BCUT2D eigenvalue weighted by Gasteiger charge is 2.21. The number of ether oxygens (including phenoxy) is 1. The van der Waals surface area contributed by atoms with Crippen LogP contribution in [-0.2, 0) is 11.3 Å². The third-order valence-electron chi connectivity index (χ3n) is 2.86. The molecule has 2 aromatic heterocycles. The summed E-state index contributed by atoms with van der Waals surface area (Å²) in [5.41, 5.74) is 4.35. The van der Waals surface area contributed by atoms with Crippen molar-refractivity contribution in [1.29, 1.82) is 0 Å². The highest BCUT2D eigenvalue weighted by atomic mass is 35.5. The average molecular weight is 316 g/mol. The van der Waals surface area contributed by atoms with Gasteiger partial charge >= 0.3 is 0 Å². The molecule has 2 aromatic rings. The first-order chi connectivity index (χ1) is 9.67. The van der Waals surface area contributed by atoms with Gasteiger partial charge in [-0.05, 0) is 17.7 Å². The first-order valence-corrected chi connectivity index (χ1v) is 6.70. The number of methoxy groups -OCH3 is 1. The van der Waals surface area contributed by atoms with Crippen LogP contribution in [0.3, 0.4) is 0 Å². The quantitative estimate of drug-likeness (QED) is 0.482. The van der Waals surface area contributed by atoms with Gasteiger partial charge in [-0.1, -0.05) is 23.2 Å². The highest BCUT2D eigenvalue weighted by Crippen LogP contribution is 2.28. The second-order valence-electron chi connectivity index (χ2n) is 4.11. The van der Waals surface area contributed by atoms with Crippen molar-refractivity contribution in [2.45, 2.75) is 12.6 Å². The highest BCUT2D eigenvalue weighted by molar-refractivity contribution is 6.31. The molecule has 0 spiro atoms. The van der Waals surface area contributed by atoms with E-state index in [4.69, 9.17) is 33.8 Å².